The molecule has 2 saturated heterocycles. The monoisotopic (exact) mass is 702 g/mol. The van der Waals surface area contributed by atoms with Crippen LogP contribution in [0.3, 0.4) is 0 Å². The average Bonchev–Trinajstić information content (AvgIpc) is 3.61. The Hall–Kier alpha value is -3.58. The number of carbonyl (C=O) groups excluding carboxylic acids is 3. The summed E-state index contributed by atoms with van der Waals surface area (Å²) in [5.74, 6) is 0.161. The van der Waals surface area contributed by atoms with E-state index in [0.717, 1.165) is 24.8 Å². The summed E-state index contributed by atoms with van der Waals surface area (Å²) in [7, 11) is -1.68. The maximum Gasteiger partial charge on any atom is 0.409 e. The number of nitrogens with one attached hydrogen (secondary N) is 1. The number of unbranched alkanes of at least 4 members (excludes halogenated alkanes) is 1. The number of nitrogens with zero attached hydrogens (tertiary/aromatic N) is 5. The van der Waals surface area contributed by atoms with Gasteiger partial charge in [-0.2, -0.15) is 0 Å². The maximum absolute atomic E-state index is 14.0. The van der Waals surface area contributed by atoms with Crippen molar-refractivity contribution in [2.45, 2.75) is 65.0 Å². The molecule has 49 heavy (non-hydrogen) atoms. The van der Waals surface area contributed by atoms with Gasteiger partial charge in [0.25, 0.3) is 5.91 Å². The van der Waals surface area contributed by atoms with Crippen LogP contribution in [0.1, 0.15) is 63.4 Å². The number of rotatable bonds is 17. The summed E-state index contributed by atoms with van der Waals surface area (Å²) in [5, 5.41) is 2.93. The quantitative estimate of drug-likeness (QED) is 0.182. The van der Waals surface area contributed by atoms with Crippen LogP contribution in [0.25, 0.3) is 11.4 Å². The molecule has 2 unspecified atom stereocenters. The fraction of sp³-hybridized carbons (Fsp3) is 0.618. The van der Waals surface area contributed by atoms with Crippen molar-refractivity contribution in [3.63, 3.8) is 0 Å². The lowest BCUT2D eigenvalue weighted by Crippen LogP contribution is -2.56. The molecule has 2 aliphatic rings. The molecule has 2 fully saturated rings. The molecule has 14 nitrogen and oxygen atoms in total. The lowest BCUT2D eigenvalue weighted by atomic mass is 10.1. The van der Waals surface area contributed by atoms with Crippen LogP contribution in [0, 0.1) is 0 Å². The number of piperazine rings is 1. The highest BCUT2D eigenvalue weighted by Crippen LogP contribution is 2.48. The van der Waals surface area contributed by atoms with Gasteiger partial charge in [-0.3, -0.25) is 14.2 Å². The fourth-order valence-corrected chi connectivity index (χ4v) is 7.51. The molecule has 3 amide bonds. The lowest BCUT2D eigenvalue weighted by Gasteiger charge is -2.36. The summed E-state index contributed by atoms with van der Waals surface area (Å²) in [6, 6.07) is 10.1. The third kappa shape index (κ3) is 11.0. The summed E-state index contributed by atoms with van der Waals surface area (Å²) in [6.07, 6.45) is 2.79. The van der Waals surface area contributed by atoms with E-state index in [1.165, 1.54) is 0 Å². The number of anilines is 1. The minimum absolute atomic E-state index is 0.0532. The van der Waals surface area contributed by atoms with Crippen LogP contribution in [0.15, 0.2) is 36.4 Å². The highest BCUT2D eigenvalue weighted by Gasteiger charge is 2.33. The molecule has 4 rings (SSSR count). The Morgan fingerprint density at radius 3 is 2.29 bits per heavy atom. The Bertz CT molecular complexity index is 1410. The van der Waals surface area contributed by atoms with Crippen molar-refractivity contribution in [2.75, 3.05) is 77.3 Å². The van der Waals surface area contributed by atoms with Gasteiger partial charge in [-0.25, -0.2) is 14.8 Å². The van der Waals surface area contributed by atoms with E-state index in [9.17, 15) is 18.9 Å². The zero-order valence-electron chi connectivity index (χ0n) is 29.2. The van der Waals surface area contributed by atoms with Gasteiger partial charge in [0.15, 0.2) is 5.82 Å². The Labute approximate surface area is 289 Å². The smallest absolute Gasteiger partial charge is 0.409 e. The van der Waals surface area contributed by atoms with Gasteiger partial charge in [-0.05, 0) is 39.5 Å². The standard InChI is InChI=1S/C34H51N6O8P/c1-5-8-22-46-34(43)39-20-18-38(19-21-39)33(42)28(15-12-23-49(44,47-6-2)48-7-3)36-32(41)29-24-30(40-17-16-27(25-40)45-4)37-31(35-29)26-13-10-9-11-14-26/h9-11,13-14,24,27-28H,5-8,12,15-23,25H2,1-4H3,(H,36,41). The van der Waals surface area contributed by atoms with Crippen molar-refractivity contribution in [2.24, 2.45) is 0 Å². The number of amides is 3. The molecule has 2 aromatic rings. The highest BCUT2D eigenvalue weighted by molar-refractivity contribution is 7.53. The van der Waals surface area contributed by atoms with E-state index in [2.05, 4.69) is 15.2 Å². The zero-order chi connectivity index (χ0) is 35.2. The molecule has 0 spiro atoms. The molecule has 1 aromatic carbocycles. The predicted molar refractivity (Wildman–Crippen MR) is 186 cm³/mol. The van der Waals surface area contributed by atoms with Crippen LogP contribution >= 0.6 is 7.60 Å². The van der Waals surface area contributed by atoms with Gasteiger partial charge in [0.2, 0.25) is 5.91 Å². The molecular weight excluding hydrogens is 651 g/mol. The second kappa shape index (κ2) is 19.0. The summed E-state index contributed by atoms with van der Waals surface area (Å²) in [4.78, 5) is 55.1. The second-order valence-electron chi connectivity index (χ2n) is 12.0. The topological polar surface area (TPSA) is 153 Å². The number of methoxy groups -OCH3 is 1. The largest absolute Gasteiger partial charge is 0.449 e. The summed E-state index contributed by atoms with van der Waals surface area (Å²) in [5.41, 5.74) is 0.874. The minimum atomic E-state index is -3.36. The van der Waals surface area contributed by atoms with Crippen molar-refractivity contribution < 1.29 is 37.5 Å². The van der Waals surface area contributed by atoms with Gasteiger partial charge in [-0.15, -0.1) is 0 Å². The van der Waals surface area contributed by atoms with Crippen molar-refractivity contribution in [3.8, 4) is 11.4 Å². The number of hydrogen-bond acceptors (Lipinski definition) is 11. The van der Waals surface area contributed by atoms with Gasteiger partial charge in [0.05, 0.1) is 32.1 Å². The van der Waals surface area contributed by atoms with Gasteiger partial charge in [0.1, 0.15) is 17.6 Å². The van der Waals surface area contributed by atoms with Crippen molar-refractivity contribution in [3.05, 3.63) is 42.1 Å². The van der Waals surface area contributed by atoms with Gasteiger partial charge in [-0.1, -0.05) is 43.7 Å². The van der Waals surface area contributed by atoms with Crippen molar-refractivity contribution in [1.29, 1.82) is 0 Å². The Balaban J connectivity index is 1.54. The SMILES string of the molecule is CCCCOC(=O)N1CCN(C(=O)C(CCCP(=O)(OCC)OCC)NC(=O)c2cc(N3CCC(OC)C3)nc(-c3ccccc3)n2)CC1. The van der Waals surface area contributed by atoms with E-state index in [0.29, 0.717) is 50.8 Å². The molecule has 0 aliphatic carbocycles. The molecule has 0 bridgehead atoms. The first-order valence-electron chi connectivity index (χ1n) is 17.3. The van der Waals surface area contributed by atoms with E-state index in [1.807, 2.05) is 37.3 Å². The normalized spacial score (nSPS) is 17.2. The molecule has 3 heterocycles. The van der Waals surface area contributed by atoms with Crippen LogP contribution < -0.4 is 10.2 Å². The van der Waals surface area contributed by atoms with Crippen LogP contribution in [0.4, 0.5) is 10.6 Å². The molecule has 15 heteroatoms. The van der Waals surface area contributed by atoms with E-state index in [-0.39, 0.29) is 56.6 Å². The van der Waals surface area contributed by atoms with E-state index in [4.69, 9.17) is 23.5 Å². The van der Waals surface area contributed by atoms with Crippen molar-refractivity contribution in [1.82, 2.24) is 25.1 Å². The van der Waals surface area contributed by atoms with E-state index >= 15 is 0 Å². The summed E-state index contributed by atoms with van der Waals surface area (Å²) < 4.78 is 35.0. The van der Waals surface area contributed by atoms with Crippen LogP contribution in [0.2, 0.25) is 0 Å². The number of carbonyl (C=O) groups is 3. The predicted octanol–water partition coefficient (Wildman–Crippen LogP) is 4.59. The Morgan fingerprint density at radius 2 is 1.65 bits per heavy atom. The first-order valence-corrected chi connectivity index (χ1v) is 19.0. The molecule has 1 aromatic heterocycles. The molecule has 270 valence electrons. The summed E-state index contributed by atoms with van der Waals surface area (Å²) in [6.45, 7) is 8.87. The van der Waals surface area contributed by atoms with Gasteiger partial charge < -0.3 is 38.5 Å². The third-order valence-corrected chi connectivity index (χ3v) is 10.7. The second-order valence-corrected chi connectivity index (χ2v) is 14.2. The average molecular weight is 703 g/mol. The lowest BCUT2D eigenvalue weighted by molar-refractivity contribution is -0.135. The number of hydrogen-bond donors (Lipinski definition) is 1. The van der Waals surface area contributed by atoms with Gasteiger partial charge >= 0.3 is 13.7 Å². The minimum Gasteiger partial charge on any atom is -0.449 e. The summed E-state index contributed by atoms with van der Waals surface area (Å²) >= 11 is 0. The number of aromatic nitrogens is 2. The molecule has 0 saturated carbocycles. The highest BCUT2D eigenvalue weighted by atomic mass is 31.2. The van der Waals surface area contributed by atoms with Crippen LogP contribution in [-0.4, -0.2) is 122 Å². The van der Waals surface area contributed by atoms with Crippen LogP contribution in [-0.2, 0) is 27.9 Å². The fourth-order valence-electron chi connectivity index (χ4n) is 5.82. The third-order valence-electron chi connectivity index (χ3n) is 8.53. The molecular formula is C34H51N6O8P. The molecule has 0 radical (unpaired) electrons. The Morgan fingerprint density at radius 1 is 0.959 bits per heavy atom. The maximum atomic E-state index is 14.0. The molecule has 2 atom stereocenters. The first-order chi connectivity index (χ1) is 23.7. The van der Waals surface area contributed by atoms with E-state index in [1.54, 1.807) is 36.8 Å². The first kappa shape index (κ1) is 38.2. The molecule has 2 aliphatic heterocycles. The number of benzene rings is 1. The molecule has 1 N–H and O–H groups in total. The zero-order valence-corrected chi connectivity index (χ0v) is 30.1. The van der Waals surface area contributed by atoms with Crippen LogP contribution in [0.5, 0.6) is 0 Å². The van der Waals surface area contributed by atoms with Gasteiger partial charge in [0, 0.05) is 58.0 Å². The van der Waals surface area contributed by atoms with E-state index < -0.39 is 25.6 Å². The number of ether oxygens (including phenoxy) is 2. The Kier molecular flexibility index (Phi) is 14.8. The van der Waals surface area contributed by atoms with Crippen molar-refractivity contribution >= 4 is 31.3 Å².